The molecule has 0 unspecified atom stereocenters. The van der Waals surface area contributed by atoms with Gasteiger partial charge in [0.05, 0.1) is 23.9 Å². The molecule has 1 aliphatic carbocycles. The van der Waals surface area contributed by atoms with Gasteiger partial charge in [-0.05, 0) is 35.4 Å². The maximum Gasteiger partial charge on any atom is 0.363 e. The fourth-order valence-electron chi connectivity index (χ4n) is 1.92. The third-order valence-corrected chi connectivity index (χ3v) is 4.91. The Morgan fingerprint density at radius 3 is 2.68 bits per heavy atom. The fourth-order valence-corrected chi connectivity index (χ4v) is 3.03. The first-order valence-corrected chi connectivity index (χ1v) is 8.28. The molecule has 0 spiro atoms. The predicted octanol–water partition coefficient (Wildman–Crippen LogP) is -0.485. The fraction of sp³-hybridized carbons (Fsp3) is 0.417. The molecule has 0 amide bonds. The van der Waals surface area contributed by atoms with Crippen molar-refractivity contribution in [3.8, 4) is 6.07 Å². The first kappa shape index (κ1) is 14.4. The summed E-state index contributed by atoms with van der Waals surface area (Å²) in [6.07, 6.45) is 2.99. The summed E-state index contributed by atoms with van der Waals surface area (Å²) >= 11 is 0. The first-order chi connectivity index (χ1) is 10.5. The number of hydrogen-bond acceptors (Lipinski definition) is 7. The van der Waals surface area contributed by atoms with Gasteiger partial charge < -0.3 is 0 Å². The van der Waals surface area contributed by atoms with Gasteiger partial charge in [0.2, 0.25) is 0 Å². The Bertz CT molecular complexity index is 886. The summed E-state index contributed by atoms with van der Waals surface area (Å²) in [5, 5.41) is 16.0. The van der Waals surface area contributed by atoms with E-state index in [0.29, 0.717) is 0 Å². The van der Waals surface area contributed by atoms with Gasteiger partial charge in [-0.2, -0.15) is 14.6 Å². The summed E-state index contributed by atoms with van der Waals surface area (Å²) in [6.45, 7) is -0.0877. The molecule has 0 bridgehead atoms. The number of hydrogen-bond donors (Lipinski definition) is 0. The van der Waals surface area contributed by atoms with Crippen molar-refractivity contribution in [2.75, 3.05) is 5.75 Å². The topological polar surface area (TPSA) is 124 Å². The first-order valence-electron chi connectivity index (χ1n) is 6.62. The van der Waals surface area contributed by atoms with E-state index in [1.165, 1.54) is 23.0 Å². The maximum atomic E-state index is 12.2. The SMILES string of the molecule is N#Cc1ccc(S(=O)(=O)CCn2nnn(C3CC3)c2=O)nc1. The Hall–Kier alpha value is -2.54. The predicted molar refractivity (Wildman–Crippen MR) is 73.6 cm³/mol. The summed E-state index contributed by atoms with van der Waals surface area (Å²) < 4.78 is 26.6. The van der Waals surface area contributed by atoms with E-state index in [0.717, 1.165) is 17.5 Å². The minimum atomic E-state index is -3.65. The largest absolute Gasteiger partial charge is 0.363 e. The minimum absolute atomic E-state index is 0.0877. The summed E-state index contributed by atoms with van der Waals surface area (Å²) in [5.74, 6) is -0.310. The highest BCUT2D eigenvalue weighted by Gasteiger charge is 2.28. The molecule has 10 heteroatoms. The molecular weight excluding hydrogens is 308 g/mol. The van der Waals surface area contributed by atoms with Gasteiger partial charge >= 0.3 is 5.69 Å². The lowest BCUT2D eigenvalue weighted by Crippen LogP contribution is -2.27. The molecule has 2 heterocycles. The second kappa shape index (κ2) is 5.34. The average molecular weight is 320 g/mol. The van der Waals surface area contributed by atoms with E-state index >= 15 is 0 Å². The van der Waals surface area contributed by atoms with Crippen LogP contribution in [0.1, 0.15) is 24.4 Å². The van der Waals surface area contributed by atoms with Gasteiger partial charge in [0, 0.05) is 6.20 Å². The summed E-state index contributed by atoms with van der Waals surface area (Å²) in [7, 11) is -3.65. The number of tetrazole rings is 1. The normalized spacial score (nSPS) is 14.7. The third kappa shape index (κ3) is 2.75. The van der Waals surface area contributed by atoms with E-state index < -0.39 is 15.5 Å². The molecule has 0 aromatic carbocycles. The standard InChI is InChI=1S/C12H12N6O3S/c13-7-9-1-4-11(14-8-9)22(20,21)6-5-17-12(19)18(16-15-17)10-2-3-10/h1,4,8,10H,2-3,5-6H2. The van der Waals surface area contributed by atoms with Crippen molar-refractivity contribution in [2.45, 2.75) is 30.5 Å². The Morgan fingerprint density at radius 2 is 2.09 bits per heavy atom. The van der Waals surface area contributed by atoms with Crippen molar-refractivity contribution in [3.63, 3.8) is 0 Å². The molecule has 2 aromatic rings. The Labute approximate surface area is 125 Å². The van der Waals surface area contributed by atoms with Crippen molar-refractivity contribution in [1.82, 2.24) is 24.8 Å². The number of aryl methyl sites for hydroxylation is 1. The monoisotopic (exact) mass is 320 g/mol. The van der Waals surface area contributed by atoms with Crippen molar-refractivity contribution >= 4 is 9.84 Å². The van der Waals surface area contributed by atoms with Crippen LogP contribution in [0, 0.1) is 11.3 Å². The van der Waals surface area contributed by atoms with E-state index in [1.54, 1.807) is 0 Å². The van der Waals surface area contributed by atoms with Crippen LogP contribution in [0.25, 0.3) is 0 Å². The van der Waals surface area contributed by atoms with Crippen LogP contribution in [0.3, 0.4) is 0 Å². The second-order valence-electron chi connectivity index (χ2n) is 4.98. The number of pyridine rings is 1. The number of sulfone groups is 1. The van der Waals surface area contributed by atoms with Crippen LogP contribution < -0.4 is 5.69 Å². The third-order valence-electron chi connectivity index (χ3n) is 3.31. The molecule has 1 saturated carbocycles. The van der Waals surface area contributed by atoms with Gasteiger partial charge in [-0.25, -0.2) is 18.2 Å². The van der Waals surface area contributed by atoms with Crippen LogP contribution in [0.2, 0.25) is 0 Å². The van der Waals surface area contributed by atoms with Crippen LogP contribution in [0.15, 0.2) is 28.2 Å². The Kier molecular flexibility index (Phi) is 3.50. The van der Waals surface area contributed by atoms with Gasteiger partial charge in [-0.15, -0.1) is 0 Å². The average Bonchev–Trinajstić information content (AvgIpc) is 3.29. The highest BCUT2D eigenvalue weighted by atomic mass is 32.2. The van der Waals surface area contributed by atoms with Gasteiger partial charge in [-0.3, -0.25) is 0 Å². The highest BCUT2D eigenvalue weighted by Crippen LogP contribution is 2.32. The van der Waals surface area contributed by atoms with E-state index in [9.17, 15) is 13.2 Å². The molecule has 1 aliphatic rings. The van der Waals surface area contributed by atoms with Gasteiger partial charge in [0.25, 0.3) is 0 Å². The minimum Gasteiger partial charge on any atom is -0.244 e. The summed E-state index contributed by atoms with van der Waals surface area (Å²) in [6, 6.07) is 4.62. The quantitative estimate of drug-likeness (QED) is 0.728. The van der Waals surface area contributed by atoms with Crippen LogP contribution in [-0.4, -0.2) is 38.9 Å². The molecule has 114 valence electrons. The number of aromatic nitrogens is 5. The Morgan fingerprint density at radius 1 is 1.32 bits per heavy atom. The highest BCUT2D eigenvalue weighted by molar-refractivity contribution is 7.91. The lowest BCUT2D eigenvalue weighted by Gasteiger charge is -2.02. The second-order valence-corrected chi connectivity index (χ2v) is 7.03. The van der Waals surface area contributed by atoms with Gasteiger partial charge in [-0.1, -0.05) is 0 Å². The van der Waals surface area contributed by atoms with Crippen molar-refractivity contribution in [1.29, 1.82) is 5.26 Å². The molecule has 0 N–H and O–H groups in total. The van der Waals surface area contributed by atoms with Gasteiger partial charge in [0.15, 0.2) is 14.9 Å². The zero-order valence-corrected chi connectivity index (χ0v) is 12.3. The zero-order valence-electron chi connectivity index (χ0n) is 11.5. The molecule has 1 fully saturated rings. The van der Waals surface area contributed by atoms with E-state index in [2.05, 4.69) is 15.4 Å². The molecule has 0 aliphatic heterocycles. The molecule has 9 nitrogen and oxygen atoms in total. The van der Waals surface area contributed by atoms with Crippen LogP contribution in [-0.2, 0) is 16.4 Å². The van der Waals surface area contributed by atoms with Crippen LogP contribution in [0.4, 0.5) is 0 Å². The van der Waals surface area contributed by atoms with Gasteiger partial charge in [0.1, 0.15) is 6.07 Å². The van der Waals surface area contributed by atoms with Crippen molar-refractivity contribution in [2.24, 2.45) is 0 Å². The number of nitrogens with zero attached hydrogens (tertiary/aromatic N) is 6. The molecule has 2 aromatic heterocycles. The van der Waals surface area contributed by atoms with E-state index in [1.807, 2.05) is 6.07 Å². The maximum absolute atomic E-state index is 12.2. The molecule has 22 heavy (non-hydrogen) atoms. The lowest BCUT2D eigenvalue weighted by atomic mass is 10.3. The molecule has 0 radical (unpaired) electrons. The smallest absolute Gasteiger partial charge is 0.244 e. The molecular formula is C12H12N6O3S. The lowest BCUT2D eigenvalue weighted by molar-refractivity contribution is 0.566. The number of rotatable bonds is 5. The zero-order chi connectivity index (χ0) is 15.7. The van der Waals surface area contributed by atoms with Crippen molar-refractivity contribution < 1.29 is 8.42 Å². The van der Waals surface area contributed by atoms with Crippen LogP contribution >= 0.6 is 0 Å². The van der Waals surface area contributed by atoms with Crippen LogP contribution in [0.5, 0.6) is 0 Å². The van der Waals surface area contributed by atoms with E-state index in [-0.39, 0.29) is 28.9 Å². The summed E-state index contributed by atoms with van der Waals surface area (Å²) in [5.41, 5.74) is -0.118. The Balaban J connectivity index is 1.74. The van der Waals surface area contributed by atoms with Crippen molar-refractivity contribution in [3.05, 3.63) is 34.4 Å². The molecule has 0 saturated heterocycles. The number of nitriles is 1. The van der Waals surface area contributed by atoms with E-state index in [4.69, 9.17) is 5.26 Å². The molecule has 3 rings (SSSR count). The summed E-state index contributed by atoms with van der Waals surface area (Å²) in [4.78, 5) is 15.7. The molecule has 0 atom stereocenters.